The Morgan fingerprint density at radius 2 is 1.84 bits per heavy atom. The van der Waals surface area contributed by atoms with Crippen molar-refractivity contribution in [3.8, 4) is 5.75 Å². The quantitative estimate of drug-likeness (QED) is 0.687. The predicted octanol–water partition coefficient (Wildman–Crippen LogP) is 2.93. The van der Waals surface area contributed by atoms with Gasteiger partial charge in [0.05, 0.1) is 13.2 Å². The van der Waals surface area contributed by atoms with Crippen molar-refractivity contribution in [1.82, 2.24) is 0 Å². The Hall–Kier alpha value is -0.770. The van der Waals surface area contributed by atoms with Gasteiger partial charge in [0.25, 0.3) is 0 Å². The van der Waals surface area contributed by atoms with Crippen LogP contribution < -0.4 is 10.5 Å². The molecule has 1 aromatic rings. The minimum Gasteiger partial charge on any atom is -0.494 e. The molecule has 0 spiro atoms. The fraction of sp³-hybridized carbons (Fsp3) is 0.600. The monoisotopic (exact) mass is 287 g/mol. The molecule has 1 aromatic carbocycles. The molecule has 0 bridgehead atoms. The van der Waals surface area contributed by atoms with Gasteiger partial charge in [-0.3, -0.25) is 0 Å². The second-order valence-electron chi connectivity index (χ2n) is 4.70. The maximum absolute atomic E-state index is 8.89. The molecule has 19 heavy (non-hydrogen) atoms. The molecule has 0 amide bonds. The van der Waals surface area contributed by atoms with E-state index in [1.165, 1.54) is 19.3 Å². The van der Waals surface area contributed by atoms with Crippen LogP contribution in [0.3, 0.4) is 0 Å². The van der Waals surface area contributed by atoms with E-state index in [1.54, 1.807) is 0 Å². The third kappa shape index (κ3) is 8.09. The van der Waals surface area contributed by atoms with Gasteiger partial charge in [0.1, 0.15) is 5.75 Å². The number of aliphatic hydroxyl groups is 1. The van der Waals surface area contributed by atoms with Crippen LogP contribution in [0.1, 0.15) is 38.2 Å². The molecule has 3 N–H and O–H groups in total. The Bertz CT molecular complexity index is 316. The lowest BCUT2D eigenvalue weighted by Crippen LogP contribution is -2.26. The van der Waals surface area contributed by atoms with Crippen molar-refractivity contribution < 1.29 is 9.84 Å². The second-order valence-corrected chi connectivity index (χ2v) is 4.70. The van der Waals surface area contributed by atoms with Gasteiger partial charge in [-0.25, -0.2) is 0 Å². The SMILES string of the molecule is CCCCCCOc1ccc(CC(N)CO)cc1.Cl. The molecule has 3 nitrogen and oxygen atoms in total. The highest BCUT2D eigenvalue weighted by atomic mass is 35.5. The molecule has 1 atom stereocenters. The maximum Gasteiger partial charge on any atom is 0.119 e. The van der Waals surface area contributed by atoms with Crippen molar-refractivity contribution in [1.29, 1.82) is 0 Å². The normalized spacial score (nSPS) is 11.7. The third-order valence-electron chi connectivity index (χ3n) is 2.92. The van der Waals surface area contributed by atoms with Gasteiger partial charge >= 0.3 is 0 Å². The Morgan fingerprint density at radius 1 is 1.16 bits per heavy atom. The zero-order valence-corrected chi connectivity index (χ0v) is 12.5. The van der Waals surface area contributed by atoms with Gasteiger partial charge in [-0.15, -0.1) is 12.4 Å². The molecule has 0 aliphatic carbocycles. The number of hydrogen-bond donors (Lipinski definition) is 2. The van der Waals surface area contributed by atoms with Crippen molar-refractivity contribution in [2.45, 2.75) is 45.1 Å². The van der Waals surface area contributed by atoms with Gasteiger partial charge in [-0.05, 0) is 30.5 Å². The van der Waals surface area contributed by atoms with Crippen LogP contribution in [-0.4, -0.2) is 24.4 Å². The van der Waals surface area contributed by atoms with E-state index in [-0.39, 0.29) is 25.1 Å². The highest BCUT2D eigenvalue weighted by Gasteiger charge is 2.02. The minimum absolute atomic E-state index is 0. The summed E-state index contributed by atoms with van der Waals surface area (Å²) >= 11 is 0. The van der Waals surface area contributed by atoms with Gasteiger partial charge in [-0.2, -0.15) is 0 Å². The zero-order chi connectivity index (χ0) is 13.2. The lowest BCUT2D eigenvalue weighted by atomic mass is 10.1. The van der Waals surface area contributed by atoms with E-state index in [0.717, 1.165) is 24.3 Å². The summed E-state index contributed by atoms with van der Waals surface area (Å²) in [5, 5.41) is 8.89. The summed E-state index contributed by atoms with van der Waals surface area (Å²) in [7, 11) is 0. The number of rotatable bonds is 9. The molecule has 0 aliphatic heterocycles. The first-order chi connectivity index (χ1) is 8.76. The lowest BCUT2D eigenvalue weighted by molar-refractivity contribution is 0.265. The molecule has 0 saturated heterocycles. The molecule has 110 valence electrons. The number of hydrogen-bond acceptors (Lipinski definition) is 3. The van der Waals surface area contributed by atoms with Crippen molar-refractivity contribution in [2.24, 2.45) is 5.73 Å². The Labute approximate surface area is 122 Å². The van der Waals surface area contributed by atoms with Crippen LogP contribution >= 0.6 is 12.4 Å². The molecule has 0 radical (unpaired) electrons. The summed E-state index contributed by atoms with van der Waals surface area (Å²) in [4.78, 5) is 0. The van der Waals surface area contributed by atoms with E-state index in [2.05, 4.69) is 6.92 Å². The molecule has 0 saturated carbocycles. The summed E-state index contributed by atoms with van der Waals surface area (Å²) in [5.74, 6) is 0.910. The fourth-order valence-electron chi connectivity index (χ4n) is 1.81. The van der Waals surface area contributed by atoms with E-state index in [1.807, 2.05) is 24.3 Å². The Kier molecular flexibility index (Phi) is 10.6. The van der Waals surface area contributed by atoms with Gasteiger partial charge in [0, 0.05) is 6.04 Å². The van der Waals surface area contributed by atoms with E-state index in [9.17, 15) is 0 Å². The van der Waals surface area contributed by atoms with Crippen LogP contribution in [0.2, 0.25) is 0 Å². The third-order valence-corrected chi connectivity index (χ3v) is 2.92. The van der Waals surface area contributed by atoms with Crippen molar-refractivity contribution in [2.75, 3.05) is 13.2 Å². The van der Waals surface area contributed by atoms with E-state index in [4.69, 9.17) is 15.6 Å². The lowest BCUT2D eigenvalue weighted by Gasteiger charge is -2.09. The standard InChI is InChI=1S/C15H25NO2.ClH/c1-2-3-4-5-10-18-15-8-6-13(7-9-15)11-14(16)12-17;/h6-9,14,17H,2-5,10-12,16H2,1H3;1H. The summed E-state index contributed by atoms with van der Waals surface area (Å²) < 4.78 is 5.66. The first kappa shape index (κ1) is 18.2. The molecule has 0 aliphatic rings. The van der Waals surface area contributed by atoms with Crippen molar-refractivity contribution >= 4 is 12.4 Å². The average molecular weight is 288 g/mol. The van der Waals surface area contributed by atoms with Crippen molar-refractivity contribution in [3.05, 3.63) is 29.8 Å². The van der Waals surface area contributed by atoms with E-state index in [0.29, 0.717) is 6.42 Å². The van der Waals surface area contributed by atoms with Crippen LogP contribution in [0.5, 0.6) is 5.75 Å². The number of nitrogens with two attached hydrogens (primary N) is 1. The van der Waals surface area contributed by atoms with Crippen LogP contribution in [0, 0.1) is 0 Å². The predicted molar refractivity (Wildman–Crippen MR) is 82.1 cm³/mol. The van der Waals surface area contributed by atoms with Crippen LogP contribution in [-0.2, 0) is 6.42 Å². The van der Waals surface area contributed by atoms with Crippen LogP contribution in [0.25, 0.3) is 0 Å². The summed E-state index contributed by atoms with van der Waals surface area (Å²) in [6.45, 7) is 3.02. The van der Waals surface area contributed by atoms with Crippen LogP contribution in [0.15, 0.2) is 24.3 Å². The highest BCUT2D eigenvalue weighted by molar-refractivity contribution is 5.85. The molecule has 1 rings (SSSR count). The van der Waals surface area contributed by atoms with Crippen LogP contribution in [0.4, 0.5) is 0 Å². The summed E-state index contributed by atoms with van der Waals surface area (Å²) in [6.07, 6.45) is 5.58. The highest BCUT2D eigenvalue weighted by Crippen LogP contribution is 2.14. The molecular weight excluding hydrogens is 262 g/mol. The molecule has 0 aromatic heterocycles. The Balaban J connectivity index is 0.00000324. The summed E-state index contributed by atoms with van der Waals surface area (Å²) in [6, 6.07) is 7.79. The fourth-order valence-corrected chi connectivity index (χ4v) is 1.81. The topological polar surface area (TPSA) is 55.5 Å². The Morgan fingerprint density at radius 3 is 2.42 bits per heavy atom. The van der Waals surface area contributed by atoms with Crippen molar-refractivity contribution in [3.63, 3.8) is 0 Å². The molecule has 1 unspecified atom stereocenters. The van der Waals surface area contributed by atoms with Gasteiger partial charge in [-0.1, -0.05) is 38.3 Å². The molecular formula is C15H26ClNO2. The van der Waals surface area contributed by atoms with Gasteiger partial charge in [0.2, 0.25) is 0 Å². The molecule has 4 heteroatoms. The number of benzene rings is 1. The van der Waals surface area contributed by atoms with E-state index >= 15 is 0 Å². The number of aliphatic hydroxyl groups excluding tert-OH is 1. The number of halogens is 1. The first-order valence-corrected chi connectivity index (χ1v) is 6.84. The molecule has 0 fully saturated rings. The first-order valence-electron chi connectivity index (χ1n) is 6.84. The zero-order valence-electron chi connectivity index (χ0n) is 11.7. The maximum atomic E-state index is 8.89. The number of ether oxygens (including phenoxy) is 1. The average Bonchev–Trinajstić information content (AvgIpc) is 2.40. The van der Waals surface area contributed by atoms with Gasteiger partial charge < -0.3 is 15.6 Å². The van der Waals surface area contributed by atoms with E-state index < -0.39 is 0 Å². The summed E-state index contributed by atoms with van der Waals surface area (Å²) in [5.41, 5.74) is 6.82. The molecule has 0 heterocycles. The largest absolute Gasteiger partial charge is 0.494 e. The smallest absolute Gasteiger partial charge is 0.119 e. The van der Waals surface area contributed by atoms with Gasteiger partial charge in [0.15, 0.2) is 0 Å². The number of unbranched alkanes of at least 4 members (excludes halogenated alkanes) is 3. The minimum atomic E-state index is -0.175. The second kappa shape index (κ2) is 11.1.